The van der Waals surface area contributed by atoms with E-state index in [0.29, 0.717) is 17.0 Å². The Hall–Kier alpha value is -3.66. The van der Waals surface area contributed by atoms with E-state index in [-0.39, 0.29) is 50.1 Å². The molecule has 0 aliphatic carbocycles. The number of hydrogen-bond donors (Lipinski definition) is 1. The van der Waals surface area contributed by atoms with Gasteiger partial charge in [0.05, 0.1) is 0 Å². The number of rotatable bonds is 8. The Morgan fingerprint density at radius 2 is 1.56 bits per heavy atom. The topological polar surface area (TPSA) is 82.0 Å². The number of fused-ring (bicyclic) bond motifs is 1. The molecule has 0 fully saturated rings. The molecule has 4 rings (SSSR count). The number of aliphatic hydroxyl groups excluding tert-OH is 1. The second kappa shape index (κ2) is 9.68. The minimum Gasteiger partial charge on any atom is -0.396 e. The van der Waals surface area contributed by atoms with Gasteiger partial charge in [0, 0.05) is 39.2 Å². The molecule has 0 aliphatic heterocycles. The molecular weight excluding hydrogens is 449 g/mol. The van der Waals surface area contributed by atoms with Gasteiger partial charge in [-0.15, -0.1) is 0 Å². The van der Waals surface area contributed by atoms with Crippen molar-refractivity contribution in [3.63, 3.8) is 0 Å². The highest BCUT2D eigenvalue weighted by molar-refractivity contribution is 5.71. The van der Waals surface area contributed by atoms with Crippen LogP contribution in [0.4, 0.5) is 13.2 Å². The van der Waals surface area contributed by atoms with E-state index in [4.69, 9.17) is 5.11 Å². The van der Waals surface area contributed by atoms with Crippen molar-refractivity contribution in [3.05, 3.63) is 97.7 Å². The van der Waals surface area contributed by atoms with Gasteiger partial charge in [-0.1, -0.05) is 12.1 Å². The monoisotopic (exact) mass is 472 g/mol. The smallest absolute Gasteiger partial charge is 0.332 e. The largest absolute Gasteiger partial charge is 0.396 e. The van der Waals surface area contributed by atoms with Crippen molar-refractivity contribution in [3.8, 4) is 0 Å². The minimum absolute atomic E-state index is 0.0393. The van der Waals surface area contributed by atoms with E-state index in [2.05, 4.69) is 4.98 Å². The third kappa shape index (κ3) is 4.67. The highest BCUT2D eigenvalue weighted by atomic mass is 19.1. The number of nitrogens with zero attached hydrogens (tertiary/aromatic N) is 4. The summed E-state index contributed by atoms with van der Waals surface area (Å²) in [6, 6.07) is 9.02. The molecule has 2 aromatic carbocycles. The first-order valence-electron chi connectivity index (χ1n) is 10.8. The summed E-state index contributed by atoms with van der Waals surface area (Å²) in [5.74, 6) is -1.34. The molecule has 0 bridgehead atoms. The first kappa shape index (κ1) is 23.5. The summed E-state index contributed by atoms with van der Waals surface area (Å²) in [4.78, 5) is 30.6. The van der Waals surface area contributed by atoms with Crippen molar-refractivity contribution in [2.45, 2.75) is 32.4 Å². The molecule has 2 aromatic heterocycles. The summed E-state index contributed by atoms with van der Waals surface area (Å²) >= 11 is 0. The lowest BCUT2D eigenvalue weighted by Gasteiger charge is -2.11. The maximum absolute atomic E-state index is 13.6. The molecular formula is C24H23F3N4O3. The highest BCUT2D eigenvalue weighted by Crippen LogP contribution is 2.18. The zero-order valence-corrected chi connectivity index (χ0v) is 18.5. The number of halogens is 3. The Morgan fingerprint density at radius 3 is 2.21 bits per heavy atom. The Labute approximate surface area is 192 Å². The van der Waals surface area contributed by atoms with Crippen molar-refractivity contribution in [1.82, 2.24) is 18.7 Å². The molecule has 34 heavy (non-hydrogen) atoms. The van der Waals surface area contributed by atoms with Crippen LogP contribution < -0.4 is 11.2 Å². The van der Waals surface area contributed by atoms with E-state index in [9.17, 15) is 22.8 Å². The van der Waals surface area contributed by atoms with Crippen LogP contribution in [0.1, 0.15) is 23.4 Å². The Morgan fingerprint density at radius 1 is 0.882 bits per heavy atom. The first-order valence-corrected chi connectivity index (χ1v) is 10.8. The van der Waals surface area contributed by atoms with Gasteiger partial charge in [-0.2, -0.15) is 0 Å². The Balaban J connectivity index is 1.84. The van der Waals surface area contributed by atoms with Crippen molar-refractivity contribution in [1.29, 1.82) is 0 Å². The summed E-state index contributed by atoms with van der Waals surface area (Å²) < 4.78 is 44.6. The van der Waals surface area contributed by atoms with Gasteiger partial charge in [-0.05, 0) is 48.2 Å². The van der Waals surface area contributed by atoms with E-state index in [1.807, 2.05) is 0 Å². The average Bonchev–Trinajstić information content (AvgIpc) is 3.15. The molecule has 10 heteroatoms. The third-order valence-corrected chi connectivity index (χ3v) is 5.66. The molecule has 0 atom stereocenters. The maximum Gasteiger partial charge on any atom is 0.332 e. The van der Waals surface area contributed by atoms with Crippen LogP contribution in [-0.4, -0.2) is 30.4 Å². The number of imidazole rings is 1. The summed E-state index contributed by atoms with van der Waals surface area (Å²) in [6.07, 6.45) is 0.710. The number of benzene rings is 2. The fourth-order valence-electron chi connectivity index (χ4n) is 3.99. The molecule has 0 amide bonds. The second-order valence-corrected chi connectivity index (χ2v) is 8.07. The fraction of sp³-hybridized carbons (Fsp3) is 0.292. The van der Waals surface area contributed by atoms with Gasteiger partial charge < -0.3 is 9.67 Å². The van der Waals surface area contributed by atoms with E-state index >= 15 is 0 Å². The summed E-state index contributed by atoms with van der Waals surface area (Å²) in [5, 5.41) is 9.16. The molecule has 1 N–H and O–H groups in total. The molecule has 7 nitrogen and oxygen atoms in total. The van der Waals surface area contributed by atoms with E-state index in [1.54, 1.807) is 16.7 Å². The first-order chi connectivity index (χ1) is 16.3. The van der Waals surface area contributed by atoms with Crippen LogP contribution in [-0.2, 0) is 33.0 Å². The third-order valence-electron chi connectivity index (χ3n) is 5.66. The zero-order valence-electron chi connectivity index (χ0n) is 18.5. The standard InChI is InChI=1S/C24H23F3N4O3/c1-29-22-21(23(33)30(24(29)34)9-2-10-32)31(14-15-3-6-17(25)7-4-15)20(28-22)8-5-16-11-18(26)13-19(27)12-16/h3-4,6-7,11-13,32H,2,5,8-10,14H2,1H3. The Bertz CT molecular complexity index is 1440. The van der Waals surface area contributed by atoms with E-state index in [0.717, 1.165) is 10.6 Å². The van der Waals surface area contributed by atoms with Gasteiger partial charge in [0.15, 0.2) is 11.2 Å². The normalized spacial score (nSPS) is 11.4. The van der Waals surface area contributed by atoms with Crippen LogP contribution in [0.3, 0.4) is 0 Å². The van der Waals surface area contributed by atoms with Gasteiger partial charge in [-0.25, -0.2) is 22.9 Å². The quantitative estimate of drug-likeness (QED) is 0.427. The summed E-state index contributed by atoms with van der Waals surface area (Å²) in [7, 11) is 1.50. The molecule has 178 valence electrons. The van der Waals surface area contributed by atoms with Crippen LogP contribution in [0.15, 0.2) is 52.1 Å². The lowest BCUT2D eigenvalue weighted by molar-refractivity contribution is 0.277. The number of aromatic nitrogens is 4. The number of aliphatic hydroxyl groups is 1. The molecule has 0 radical (unpaired) electrons. The number of hydrogen-bond acceptors (Lipinski definition) is 4. The SMILES string of the molecule is Cn1c(=O)n(CCCO)c(=O)c2c1nc(CCc1cc(F)cc(F)c1)n2Cc1ccc(F)cc1. The number of aryl methyl sites for hydroxylation is 3. The second-order valence-electron chi connectivity index (χ2n) is 8.07. The predicted molar refractivity (Wildman–Crippen MR) is 120 cm³/mol. The van der Waals surface area contributed by atoms with Gasteiger partial charge in [0.2, 0.25) is 0 Å². The van der Waals surface area contributed by atoms with Crippen LogP contribution in [0, 0.1) is 17.5 Å². The molecule has 0 saturated heterocycles. The van der Waals surface area contributed by atoms with Gasteiger partial charge in [0.1, 0.15) is 23.3 Å². The van der Waals surface area contributed by atoms with E-state index in [1.165, 1.54) is 35.9 Å². The van der Waals surface area contributed by atoms with Gasteiger partial charge in [0.25, 0.3) is 5.56 Å². The van der Waals surface area contributed by atoms with Crippen molar-refractivity contribution in [2.24, 2.45) is 7.05 Å². The van der Waals surface area contributed by atoms with Crippen LogP contribution >= 0.6 is 0 Å². The van der Waals surface area contributed by atoms with Crippen molar-refractivity contribution in [2.75, 3.05) is 6.61 Å². The molecule has 4 aromatic rings. The predicted octanol–water partition coefficient (Wildman–Crippen LogP) is 2.53. The summed E-state index contributed by atoms with van der Waals surface area (Å²) in [5.41, 5.74) is 0.379. The summed E-state index contributed by atoms with van der Waals surface area (Å²) in [6.45, 7) is 0.0343. The average molecular weight is 472 g/mol. The van der Waals surface area contributed by atoms with Crippen LogP contribution in [0.2, 0.25) is 0 Å². The lowest BCUT2D eigenvalue weighted by Crippen LogP contribution is -2.40. The van der Waals surface area contributed by atoms with Crippen molar-refractivity contribution < 1.29 is 18.3 Å². The molecule has 2 heterocycles. The Kier molecular flexibility index (Phi) is 6.69. The fourth-order valence-corrected chi connectivity index (χ4v) is 3.99. The molecule has 0 aliphatic rings. The maximum atomic E-state index is 13.6. The van der Waals surface area contributed by atoms with Gasteiger partial charge >= 0.3 is 5.69 Å². The lowest BCUT2D eigenvalue weighted by atomic mass is 10.1. The van der Waals surface area contributed by atoms with Crippen molar-refractivity contribution >= 4 is 11.2 Å². The minimum atomic E-state index is -0.691. The van der Waals surface area contributed by atoms with Crippen LogP contribution in [0.25, 0.3) is 11.2 Å². The van der Waals surface area contributed by atoms with Crippen LogP contribution in [0.5, 0.6) is 0 Å². The highest BCUT2D eigenvalue weighted by Gasteiger charge is 2.20. The zero-order chi connectivity index (χ0) is 24.4. The molecule has 0 spiro atoms. The van der Waals surface area contributed by atoms with Gasteiger partial charge in [-0.3, -0.25) is 13.9 Å². The molecule has 0 saturated carbocycles. The van der Waals surface area contributed by atoms with E-state index < -0.39 is 28.7 Å². The molecule has 0 unspecified atom stereocenters.